The van der Waals surface area contributed by atoms with Crippen LogP contribution in [0.15, 0.2) is 60.0 Å². The number of thiazole rings is 1. The van der Waals surface area contributed by atoms with Gasteiger partial charge in [-0.25, -0.2) is 9.78 Å². The minimum absolute atomic E-state index is 0.284. The van der Waals surface area contributed by atoms with Crippen molar-refractivity contribution in [2.75, 3.05) is 7.11 Å². The predicted molar refractivity (Wildman–Crippen MR) is 134 cm³/mol. The number of nitrogens with zero attached hydrogens (tertiary/aromatic N) is 2. The van der Waals surface area contributed by atoms with Gasteiger partial charge in [0.25, 0.3) is 0 Å². The molecule has 0 saturated heterocycles. The van der Waals surface area contributed by atoms with E-state index >= 15 is 0 Å². The zero-order valence-electron chi connectivity index (χ0n) is 19.5. The van der Waals surface area contributed by atoms with Crippen molar-refractivity contribution in [2.24, 2.45) is 5.73 Å². The van der Waals surface area contributed by atoms with E-state index in [0.29, 0.717) is 24.6 Å². The maximum atomic E-state index is 12.5. The van der Waals surface area contributed by atoms with Crippen molar-refractivity contribution in [1.29, 1.82) is 0 Å². The van der Waals surface area contributed by atoms with Crippen LogP contribution in [0, 0.1) is 13.8 Å². The van der Waals surface area contributed by atoms with Crippen molar-refractivity contribution in [1.82, 2.24) is 14.9 Å². The zero-order valence-corrected chi connectivity index (χ0v) is 20.3. The molecule has 7 nitrogen and oxygen atoms in total. The van der Waals surface area contributed by atoms with E-state index in [4.69, 9.17) is 20.2 Å². The number of hydrogen-bond donors (Lipinski definition) is 2. The van der Waals surface area contributed by atoms with Gasteiger partial charge in [0.2, 0.25) is 0 Å². The second-order valence-electron chi connectivity index (χ2n) is 7.92. The van der Waals surface area contributed by atoms with Gasteiger partial charge in [0, 0.05) is 41.4 Å². The van der Waals surface area contributed by atoms with E-state index in [2.05, 4.69) is 27.4 Å². The van der Waals surface area contributed by atoms with E-state index in [-0.39, 0.29) is 6.54 Å². The molecule has 0 saturated carbocycles. The Bertz CT molecular complexity index is 1280. The first-order chi connectivity index (χ1) is 16.5. The topological polar surface area (TPSA) is 91.4 Å². The van der Waals surface area contributed by atoms with Gasteiger partial charge in [-0.2, -0.15) is 0 Å². The number of aromatic nitrogens is 2. The molecule has 34 heavy (non-hydrogen) atoms. The number of carbonyl (C=O) groups excluding carboxylic acids is 1. The first kappa shape index (κ1) is 23.5. The summed E-state index contributed by atoms with van der Waals surface area (Å²) in [6, 6.07) is 17.7. The molecule has 0 spiro atoms. The van der Waals surface area contributed by atoms with Crippen molar-refractivity contribution in [3.8, 4) is 22.1 Å². The van der Waals surface area contributed by atoms with Crippen LogP contribution in [0.2, 0.25) is 0 Å². The summed E-state index contributed by atoms with van der Waals surface area (Å²) in [7, 11) is 1.59. The van der Waals surface area contributed by atoms with Gasteiger partial charge in [0.15, 0.2) is 5.75 Å². The number of ether oxygens (including phenoxy) is 2. The van der Waals surface area contributed by atoms with Crippen LogP contribution in [0.5, 0.6) is 11.5 Å². The van der Waals surface area contributed by atoms with Gasteiger partial charge in [0.05, 0.1) is 25.0 Å². The van der Waals surface area contributed by atoms with Gasteiger partial charge in [-0.15, -0.1) is 11.3 Å². The summed E-state index contributed by atoms with van der Waals surface area (Å²) in [6.07, 6.45) is -0.523. The number of methoxy groups -OCH3 is 1. The van der Waals surface area contributed by atoms with Crippen LogP contribution < -0.4 is 20.5 Å². The molecular formula is C26H28N4O3S. The van der Waals surface area contributed by atoms with E-state index in [1.165, 1.54) is 0 Å². The molecule has 4 rings (SSSR count). The largest absolute Gasteiger partial charge is 0.496 e. The second kappa shape index (κ2) is 10.5. The van der Waals surface area contributed by atoms with Gasteiger partial charge in [0.1, 0.15) is 10.8 Å². The Balaban J connectivity index is 1.41. The highest BCUT2D eigenvalue weighted by Gasteiger charge is 2.16. The van der Waals surface area contributed by atoms with Crippen LogP contribution >= 0.6 is 11.3 Å². The normalized spacial score (nSPS) is 10.8. The molecule has 0 aliphatic heterocycles. The number of rotatable bonds is 8. The molecule has 0 unspecified atom stereocenters. The summed E-state index contributed by atoms with van der Waals surface area (Å²) in [5.41, 5.74) is 11.4. The number of nitrogens with two attached hydrogens (primary N) is 1. The van der Waals surface area contributed by atoms with Crippen molar-refractivity contribution in [3.05, 3.63) is 88.2 Å². The molecule has 0 atom stereocenters. The number of nitrogens with one attached hydrogen (secondary N) is 1. The third-order valence-electron chi connectivity index (χ3n) is 5.63. The SMILES string of the molecule is COc1cc(CN)ccc1CNC(=O)Oc1cc(C)n(Cc2csc(-c3ccccc3)n2)c1C. The maximum Gasteiger partial charge on any atom is 0.412 e. The Morgan fingerprint density at radius 2 is 1.91 bits per heavy atom. The average molecular weight is 477 g/mol. The quantitative estimate of drug-likeness (QED) is 0.372. The molecule has 176 valence electrons. The van der Waals surface area contributed by atoms with E-state index in [9.17, 15) is 4.79 Å². The third kappa shape index (κ3) is 5.30. The summed E-state index contributed by atoms with van der Waals surface area (Å²) in [5.74, 6) is 1.21. The van der Waals surface area contributed by atoms with Gasteiger partial charge in [-0.3, -0.25) is 0 Å². The van der Waals surface area contributed by atoms with Crippen molar-refractivity contribution >= 4 is 17.4 Å². The van der Waals surface area contributed by atoms with E-state index in [0.717, 1.165) is 38.8 Å². The summed E-state index contributed by atoms with van der Waals surface area (Å²) >= 11 is 1.62. The Labute approximate surface area is 203 Å². The molecule has 1 amide bonds. The molecule has 3 N–H and O–H groups in total. The van der Waals surface area contributed by atoms with Crippen molar-refractivity contribution < 1.29 is 14.3 Å². The molecule has 0 aliphatic rings. The van der Waals surface area contributed by atoms with Crippen LogP contribution in [0.25, 0.3) is 10.6 Å². The van der Waals surface area contributed by atoms with Crippen LogP contribution in [-0.4, -0.2) is 22.8 Å². The number of carbonyl (C=O) groups is 1. The average Bonchev–Trinajstić information content (AvgIpc) is 3.43. The summed E-state index contributed by atoms with van der Waals surface area (Å²) in [6.45, 7) is 5.25. The van der Waals surface area contributed by atoms with Gasteiger partial charge < -0.3 is 25.1 Å². The monoisotopic (exact) mass is 476 g/mol. The van der Waals surface area contributed by atoms with E-state index in [1.54, 1.807) is 18.4 Å². The standard InChI is InChI=1S/C26H28N4O3S/c1-17-11-23(33-26(31)28-14-21-10-9-19(13-27)12-24(21)32-3)18(2)30(17)15-22-16-34-25(29-22)20-7-5-4-6-8-20/h4-12,16H,13-15,27H2,1-3H3,(H,28,31). The first-order valence-corrected chi connectivity index (χ1v) is 11.8. The lowest BCUT2D eigenvalue weighted by molar-refractivity contribution is 0.199. The highest BCUT2D eigenvalue weighted by atomic mass is 32.1. The van der Waals surface area contributed by atoms with E-state index in [1.807, 2.05) is 56.3 Å². The summed E-state index contributed by atoms with van der Waals surface area (Å²) in [5, 5.41) is 5.85. The van der Waals surface area contributed by atoms with Crippen LogP contribution in [0.1, 0.15) is 28.2 Å². The minimum Gasteiger partial charge on any atom is -0.496 e. The lowest BCUT2D eigenvalue weighted by atomic mass is 10.1. The Kier molecular flexibility index (Phi) is 7.30. The minimum atomic E-state index is -0.523. The van der Waals surface area contributed by atoms with Crippen molar-refractivity contribution in [2.45, 2.75) is 33.5 Å². The highest BCUT2D eigenvalue weighted by molar-refractivity contribution is 7.13. The maximum absolute atomic E-state index is 12.5. The number of amides is 1. The lowest BCUT2D eigenvalue weighted by Crippen LogP contribution is -2.26. The molecule has 0 aliphatic carbocycles. The van der Waals surface area contributed by atoms with Gasteiger partial charge in [-0.05, 0) is 25.5 Å². The van der Waals surface area contributed by atoms with Crippen LogP contribution in [0.4, 0.5) is 4.79 Å². The van der Waals surface area contributed by atoms with Gasteiger partial charge in [-0.1, -0.05) is 42.5 Å². The number of aryl methyl sites for hydroxylation is 1. The highest BCUT2D eigenvalue weighted by Crippen LogP contribution is 2.27. The predicted octanol–water partition coefficient (Wildman–Crippen LogP) is 5.03. The fourth-order valence-corrected chi connectivity index (χ4v) is 4.55. The Morgan fingerprint density at radius 1 is 1.12 bits per heavy atom. The molecule has 2 aromatic carbocycles. The summed E-state index contributed by atoms with van der Waals surface area (Å²) in [4.78, 5) is 17.3. The Hall–Kier alpha value is -3.62. The molecule has 0 bridgehead atoms. The molecule has 4 aromatic rings. The molecule has 0 radical (unpaired) electrons. The molecule has 8 heteroatoms. The fourth-order valence-electron chi connectivity index (χ4n) is 3.74. The molecule has 0 fully saturated rings. The van der Waals surface area contributed by atoms with Crippen molar-refractivity contribution in [3.63, 3.8) is 0 Å². The fraction of sp³-hybridized carbons (Fsp3) is 0.231. The first-order valence-electron chi connectivity index (χ1n) is 11.0. The molecular weight excluding hydrogens is 448 g/mol. The molecule has 2 aromatic heterocycles. The van der Waals surface area contributed by atoms with E-state index < -0.39 is 6.09 Å². The Morgan fingerprint density at radius 3 is 2.65 bits per heavy atom. The van der Waals surface area contributed by atoms with Crippen LogP contribution in [0.3, 0.4) is 0 Å². The molecule has 2 heterocycles. The zero-order chi connectivity index (χ0) is 24.1. The number of hydrogen-bond acceptors (Lipinski definition) is 6. The lowest BCUT2D eigenvalue weighted by Gasteiger charge is -2.12. The smallest absolute Gasteiger partial charge is 0.412 e. The van der Waals surface area contributed by atoms with Gasteiger partial charge >= 0.3 is 6.09 Å². The van der Waals surface area contributed by atoms with Crippen LogP contribution in [-0.2, 0) is 19.6 Å². The summed E-state index contributed by atoms with van der Waals surface area (Å²) < 4.78 is 13.1. The number of benzene rings is 2. The second-order valence-corrected chi connectivity index (χ2v) is 8.78. The third-order valence-corrected chi connectivity index (χ3v) is 6.57.